The largest absolute Gasteiger partial charge is 0.354 e. The van der Waals surface area contributed by atoms with Gasteiger partial charge in [0, 0.05) is 17.3 Å². The number of nitrogens with one attached hydrogen (secondary N) is 2. The summed E-state index contributed by atoms with van der Waals surface area (Å²) < 4.78 is 0. The Bertz CT molecular complexity index is 784. The molecule has 2 N–H and O–H groups in total. The minimum absolute atomic E-state index is 0.634. The van der Waals surface area contributed by atoms with Gasteiger partial charge in [-0.05, 0) is 43.0 Å². The number of aromatic nitrogens is 2. The van der Waals surface area contributed by atoms with Gasteiger partial charge in [-0.1, -0.05) is 17.7 Å². The molecule has 0 aliphatic carbocycles. The zero-order chi connectivity index (χ0) is 14.8. The normalized spacial score (nSPS) is 10.8. The molecule has 0 atom stereocenters. The lowest BCUT2D eigenvalue weighted by molar-refractivity contribution is 1.11. The number of hydrogen-bond donors (Lipinski definition) is 2. The molecular weight excluding hydrogens is 304 g/mol. The van der Waals surface area contributed by atoms with Gasteiger partial charge in [-0.3, -0.25) is 0 Å². The van der Waals surface area contributed by atoms with Crippen LogP contribution in [-0.4, -0.2) is 16.5 Å². The topological polar surface area (TPSA) is 49.8 Å². The molecule has 3 rings (SSSR count). The summed E-state index contributed by atoms with van der Waals surface area (Å²) >= 11 is 7.78. The van der Waals surface area contributed by atoms with Crippen molar-refractivity contribution < 1.29 is 0 Å². The molecule has 0 saturated carbocycles. The number of rotatable bonds is 4. The van der Waals surface area contributed by atoms with Crippen molar-refractivity contribution in [2.45, 2.75) is 13.8 Å². The highest BCUT2D eigenvalue weighted by atomic mass is 35.5. The van der Waals surface area contributed by atoms with Crippen LogP contribution >= 0.6 is 22.9 Å². The second-order valence-electron chi connectivity index (χ2n) is 4.60. The zero-order valence-electron chi connectivity index (χ0n) is 11.8. The number of benzene rings is 1. The SMILES string of the molecule is CCNc1nc(Nc2cccc(Cl)c2C)c2ccsc2n1. The lowest BCUT2D eigenvalue weighted by Gasteiger charge is -2.12. The van der Waals surface area contributed by atoms with Crippen LogP contribution in [0.3, 0.4) is 0 Å². The van der Waals surface area contributed by atoms with Crippen molar-refractivity contribution in [1.82, 2.24) is 9.97 Å². The summed E-state index contributed by atoms with van der Waals surface area (Å²) in [6, 6.07) is 7.83. The fraction of sp³-hybridized carbons (Fsp3) is 0.200. The van der Waals surface area contributed by atoms with E-state index in [1.807, 2.05) is 43.5 Å². The van der Waals surface area contributed by atoms with Gasteiger partial charge in [0.2, 0.25) is 5.95 Å². The van der Waals surface area contributed by atoms with Gasteiger partial charge in [0.1, 0.15) is 10.6 Å². The molecule has 0 aliphatic heterocycles. The quantitative estimate of drug-likeness (QED) is 0.723. The van der Waals surface area contributed by atoms with Crippen LogP contribution in [0, 0.1) is 6.92 Å². The van der Waals surface area contributed by atoms with Crippen LogP contribution in [0.4, 0.5) is 17.5 Å². The molecule has 0 fully saturated rings. The predicted octanol–water partition coefficient (Wildman–Crippen LogP) is 4.83. The van der Waals surface area contributed by atoms with Gasteiger partial charge < -0.3 is 10.6 Å². The average molecular weight is 319 g/mol. The van der Waals surface area contributed by atoms with E-state index in [2.05, 4.69) is 20.6 Å². The molecule has 1 aromatic carbocycles. The third-order valence-electron chi connectivity index (χ3n) is 3.18. The molecule has 3 aromatic rings. The van der Waals surface area contributed by atoms with Gasteiger partial charge in [0.15, 0.2) is 0 Å². The monoisotopic (exact) mass is 318 g/mol. The Kier molecular flexibility index (Phi) is 3.94. The minimum Gasteiger partial charge on any atom is -0.354 e. The van der Waals surface area contributed by atoms with E-state index in [1.165, 1.54) is 0 Å². The van der Waals surface area contributed by atoms with Gasteiger partial charge >= 0.3 is 0 Å². The third-order valence-corrected chi connectivity index (χ3v) is 4.40. The van der Waals surface area contributed by atoms with Crippen LogP contribution in [0.15, 0.2) is 29.6 Å². The molecule has 2 aromatic heterocycles. The molecule has 0 amide bonds. The van der Waals surface area contributed by atoms with Gasteiger partial charge in [-0.2, -0.15) is 4.98 Å². The fourth-order valence-electron chi connectivity index (χ4n) is 2.06. The number of nitrogens with zero attached hydrogens (tertiary/aromatic N) is 2. The van der Waals surface area contributed by atoms with Crippen molar-refractivity contribution in [1.29, 1.82) is 0 Å². The Hall–Kier alpha value is -1.85. The summed E-state index contributed by atoms with van der Waals surface area (Å²) in [6.45, 7) is 4.80. The van der Waals surface area contributed by atoms with E-state index in [0.717, 1.165) is 38.9 Å². The highest BCUT2D eigenvalue weighted by molar-refractivity contribution is 7.16. The first-order chi connectivity index (χ1) is 10.2. The van der Waals surface area contributed by atoms with Gasteiger partial charge in [0.25, 0.3) is 0 Å². The summed E-state index contributed by atoms with van der Waals surface area (Å²) in [5.41, 5.74) is 1.96. The van der Waals surface area contributed by atoms with Crippen LogP contribution in [0.5, 0.6) is 0 Å². The Labute approximate surface area is 132 Å². The molecule has 21 heavy (non-hydrogen) atoms. The molecule has 4 nitrogen and oxygen atoms in total. The Morgan fingerprint density at radius 3 is 2.90 bits per heavy atom. The van der Waals surface area contributed by atoms with Crippen LogP contribution < -0.4 is 10.6 Å². The van der Waals surface area contributed by atoms with Crippen LogP contribution in [0.25, 0.3) is 10.2 Å². The van der Waals surface area contributed by atoms with E-state index in [-0.39, 0.29) is 0 Å². The maximum absolute atomic E-state index is 6.18. The van der Waals surface area contributed by atoms with E-state index >= 15 is 0 Å². The van der Waals surface area contributed by atoms with E-state index in [1.54, 1.807) is 11.3 Å². The third kappa shape index (κ3) is 2.80. The van der Waals surface area contributed by atoms with E-state index < -0.39 is 0 Å². The standard InChI is InChI=1S/C15H15ClN4S/c1-3-17-15-19-13(10-7-8-21-14(10)20-15)18-12-6-4-5-11(16)9(12)2/h4-8H,3H2,1-2H3,(H2,17,18,19,20). The summed E-state index contributed by atoms with van der Waals surface area (Å²) in [5, 5.41) is 10.3. The highest BCUT2D eigenvalue weighted by Crippen LogP contribution is 2.31. The molecule has 108 valence electrons. The van der Waals surface area contributed by atoms with E-state index in [4.69, 9.17) is 11.6 Å². The van der Waals surface area contributed by atoms with Crippen molar-refractivity contribution in [3.8, 4) is 0 Å². The molecule has 2 heterocycles. The minimum atomic E-state index is 0.634. The van der Waals surface area contributed by atoms with Crippen molar-refractivity contribution in [2.75, 3.05) is 17.2 Å². The van der Waals surface area contributed by atoms with Crippen molar-refractivity contribution in [2.24, 2.45) is 0 Å². The number of hydrogen-bond acceptors (Lipinski definition) is 5. The molecular formula is C15H15ClN4S. The Balaban J connectivity index is 2.06. The maximum atomic E-state index is 6.18. The van der Waals surface area contributed by atoms with Crippen LogP contribution in [-0.2, 0) is 0 Å². The number of anilines is 3. The Morgan fingerprint density at radius 1 is 1.24 bits per heavy atom. The van der Waals surface area contributed by atoms with Gasteiger partial charge in [-0.15, -0.1) is 11.3 Å². The summed E-state index contributed by atoms with van der Waals surface area (Å²) in [6.07, 6.45) is 0. The molecule has 0 bridgehead atoms. The van der Waals surface area contributed by atoms with Gasteiger partial charge in [0.05, 0.1) is 5.39 Å². The summed E-state index contributed by atoms with van der Waals surface area (Å²) in [5.74, 6) is 1.43. The lowest BCUT2D eigenvalue weighted by Crippen LogP contribution is -2.04. The molecule has 0 saturated heterocycles. The molecule has 0 aliphatic rings. The number of thiophene rings is 1. The molecule has 6 heteroatoms. The zero-order valence-corrected chi connectivity index (χ0v) is 13.3. The number of halogens is 1. The van der Waals surface area contributed by atoms with Crippen molar-refractivity contribution >= 4 is 50.6 Å². The number of fused-ring (bicyclic) bond motifs is 1. The lowest BCUT2D eigenvalue weighted by atomic mass is 10.2. The fourth-order valence-corrected chi connectivity index (χ4v) is 3.00. The smallest absolute Gasteiger partial charge is 0.226 e. The summed E-state index contributed by atoms with van der Waals surface area (Å²) in [7, 11) is 0. The highest BCUT2D eigenvalue weighted by Gasteiger charge is 2.10. The summed E-state index contributed by atoms with van der Waals surface area (Å²) in [4.78, 5) is 10.0. The first kappa shape index (κ1) is 14.1. The van der Waals surface area contributed by atoms with E-state index in [9.17, 15) is 0 Å². The molecule has 0 spiro atoms. The van der Waals surface area contributed by atoms with E-state index in [0.29, 0.717) is 5.95 Å². The van der Waals surface area contributed by atoms with Crippen molar-refractivity contribution in [3.63, 3.8) is 0 Å². The molecule has 0 radical (unpaired) electrons. The Morgan fingerprint density at radius 2 is 2.10 bits per heavy atom. The predicted molar refractivity (Wildman–Crippen MR) is 91.1 cm³/mol. The average Bonchev–Trinajstić information content (AvgIpc) is 2.93. The second-order valence-corrected chi connectivity index (χ2v) is 5.90. The maximum Gasteiger partial charge on any atom is 0.226 e. The van der Waals surface area contributed by atoms with Crippen LogP contribution in [0.2, 0.25) is 5.02 Å². The van der Waals surface area contributed by atoms with Gasteiger partial charge in [-0.25, -0.2) is 4.98 Å². The van der Waals surface area contributed by atoms with Crippen LogP contribution in [0.1, 0.15) is 12.5 Å². The van der Waals surface area contributed by atoms with Crippen molar-refractivity contribution in [3.05, 3.63) is 40.2 Å². The first-order valence-electron chi connectivity index (χ1n) is 6.70. The first-order valence-corrected chi connectivity index (χ1v) is 7.96. The second kappa shape index (κ2) is 5.87. The molecule has 0 unspecified atom stereocenters.